The first-order valence-electron chi connectivity index (χ1n) is 4.75. The minimum absolute atomic E-state index is 0.375. The zero-order valence-electron chi connectivity index (χ0n) is 10.2. The van der Waals surface area contributed by atoms with E-state index in [-0.39, 0.29) is 0 Å². The summed E-state index contributed by atoms with van der Waals surface area (Å²) in [6.07, 6.45) is 1.68. The Bertz CT molecular complexity index is 377. The predicted octanol–water partition coefficient (Wildman–Crippen LogP) is 1.72. The van der Waals surface area contributed by atoms with E-state index in [9.17, 15) is 0 Å². The first kappa shape index (κ1) is 14.8. The van der Waals surface area contributed by atoms with Crippen LogP contribution in [0.2, 0.25) is 0 Å². The molecule has 0 saturated heterocycles. The summed E-state index contributed by atoms with van der Waals surface area (Å²) in [5.74, 6) is 1.19. The van der Waals surface area contributed by atoms with Gasteiger partial charge in [0.1, 0.15) is 0 Å². The summed E-state index contributed by atoms with van der Waals surface area (Å²) in [7, 11) is 4.44. The van der Waals surface area contributed by atoms with Gasteiger partial charge in [-0.1, -0.05) is 12.7 Å². The summed E-state index contributed by atoms with van der Waals surface area (Å²) >= 11 is 0. The number of hydrogen-bond donors (Lipinski definition) is 1. The van der Waals surface area contributed by atoms with Gasteiger partial charge in [0.15, 0.2) is 11.5 Å². The normalized spacial score (nSPS) is 8.41. The van der Waals surface area contributed by atoms with Gasteiger partial charge in [0.2, 0.25) is 0 Å². The van der Waals surface area contributed by atoms with Crippen LogP contribution in [0.15, 0.2) is 18.7 Å². The number of rotatable bonds is 4. The summed E-state index contributed by atoms with van der Waals surface area (Å²) in [6.45, 7) is 4.02. The first-order chi connectivity index (χ1) is 8.15. The van der Waals surface area contributed by atoms with Crippen molar-refractivity contribution < 1.29 is 19.0 Å². The number of carbonyl (C=O) groups excluding carboxylic acids is 1. The van der Waals surface area contributed by atoms with Gasteiger partial charge < -0.3 is 19.9 Å². The summed E-state index contributed by atoms with van der Waals surface area (Å²) < 4.78 is 14.1. The maximum Gasteiger partial charge on any atom is 0.292 e. The topological polar surface area (TPSA) is 70.8 Å². The van der Waals surface area contributed by atoms with Crippen molar-refractivity contribution >= 4 is 18.2 Å². The number of ether oxygens (including phenoxy) is 3. The van der Waals surface area contributed by atoms with Crippen molar-refractivity contribution in [3.63, 3.8) is 0 Å². The van der Waals surface area contributed by atoms with E-state index in [0.29, 0.717) is 23.7 Å². The van der Waals surface area contributed by atoms with Crippen molar-refractivity contribution in [2.45, 2.75) is 0 Å². The number of anilines is 1. The lowest BCUT2D eigenvalue weighted by atomic mass is 10.1. The minimum Gasteiger partial charge on any atom is -0.493 e. The monoisotopic (exact) mass is 239 g/mol. The average Bonchev–Trinajstić information content (AvgIpc) is 2.38. The molecule has 0 aliphatic heterocycles. The van der Waals surface area contributed by atoms with E-state index in [4.69, 9.17) is 20.0 Å². The van der Waals surface area contributed by atoms with Crippen LogP contribution >= 0.6 is 0 Å². The number of methoxy groups -OCH3 is 3. The van der Waals surface area contributed by atoms with E-state index in [1.54, 1.807) is 26.4 Å². The number of hydrogen-bond acceptors (Lipinski definition) is 5. The molecule has 1 aromatic rings. The Labute approximate surface area is 101 Å². The average molecular weight is 239 g/mol. The van der Waals surface area contributed by atoms with E-state index >= 15 is 0 Å². The van der Waals surface area contributed by atoms with Crippen molar-refractivity contribution in [1.82, 2.24) is 0 Å². The van der Waals surface area contributed by atoms with Crippen LogP contribution in [-0.2, 0) is 9.53 Å². The van der Waals surface area contributed by atoms with Crippen LogP contribution in [-0.4, -0.2) is 27.8 Å². The van der Waals surface area contributed by atoms with Crippen LogP contribution in [0.3, 0.4) is 0 Å². The van der Waals surface area contributed by atoms with E-state index in [1.807, 2.05) is 6.07 Å². The molecule has 1 rings (SSSR count). The molecule has 1 aromatic carbocycles. The number of nitrogen functional groups attached to an aromatic ring is 1. The van der Waals surface area contributed by atoms with E-state index in [2.05, 4.69) is 11.3 Å². The van der Waals surface area contributed by atoms with E-state index in [1.165, 1.54) is 7.11 Å². The van der Waals surface area contributed by atoms with Gasteiger partial charge in [-0.3, -0.25) is 4.79 Å². The molecule has 0 spiro atoms. The molecule has 0 heterocycles. The SMILES string of the molecule is C=Cc1ccc(OC)c(OC)c1N.COC=O. The van der Waals surface area contributed by atoms with Gasteiger partial charge in [-0.05, 0) is 12.1 Å². The third-order valence-corrected chi connectivity index (χ3v) is 1.93. The quantitative estimate of drug-likeness (QED) is 0.640. The van der Waals surface area contributed by atoms with Gasteiger partial charge >= 0.3 is 0 Å². The number of nitrogens with two attached hydrogens (primary N) is 1. The number of benzene rings is 1. The smallest absolute Gasteiger partial charge is 0.292 e. The van der Waals surface area contributed by atoms with Gasteiger partial charge in [0, 0.05) is 5.56 Å². The van der Waals surface area contributed by atoms with Crippen LogP contribution in [0, 0.1) is 0 Å². The van der Waals surface area contributed by atoms with E-state index < -0.39 is 0 Å². The second kappa shape index (κ2) is 8.04. The highest BCUT2D eigenvalue weighted by Gasteiger charge is 2.09. The lowest BCUT2D eigenvalue weighted by Gasteiger charge is -2.11. The maximum atomic E-state index is 8.95. The molecule has 0 aliphatic rings. The molecule has 0 saturated carbocycles. The fourth-order valence-electron chi connectivity index (χ4n) is 1.14. The third-order valence-electron chi connectivity index (χ3n) is 1.93. The second-order valence-corrected chi connectivity index (χ2v) is 2.84. The highest BCUT2D eigenvalue weighted by molar-refractivity contribution is 5.73. The van der Waals surface area contributed by atoms with Gasteiger partial charge in [0.05, 0.1) is 27.0 Å². The standard InChI is InChI=1S/C10H13NO2.C2H4O2/c1-4-7-5-6-8(12-2)10(13-3)9(7)11;1-4-2-3/h4-6H,1,11H2,2-3H3;2H,1H3. The molecule has 0 unspecified atom stereocenters. The Morgan fingerprint density at radius 2 is 1.82 bits per heavy atom. The molecule has 0 atom stereocenters. The summed E-state index contributed by atoms with van der Waals surface area (Å²) in [4.78, 5) is 8.95. The zero-order chi connectivity index (χ0) is 13.3. The van der Waals surface area contributed by atoms with Gasteiger partial charge in [-0.25, -0.2) is 0 Å². The Balaban J connectivity index is 0.000000557. The molecular weight excluding hydrogens is 222 g/mol. The van der Waals surface area contributed by atoms with Crippen molar-refractivity contribution in [2.24, 2.45) is 0 Å². The second-order valence-electron chi connectivity index (χ2n) is 2.84. The highest BCUT2D eigenvalue weighted by atomic mass is 16.5. The zero-order valence-corrected chi connectivity index (χ0v) is 10.2. The fraction of sp³-hybridized carbons (Fsp3) is 0.250. The van der Waals surface area contributed by atoms with Crippen molar-refractivity contribution in [2.75, 3.05) is 27.1 Å². The van der Waals surface area contributed by atoms with Crippen LogP contribution in [0.1, 0.15) is 5.56 Å². The molecule has 0 bridgehead atoms. The van der Waals surface area contributed by atoms with Crippen LogP contribution in [0.25, 0.3) is 6.08 Å². The Morgan fingerprint density at radius 3 is 2.18 bits per heavy atom. The predicted molar refractivity (Wildman–Crippen MR) is 67.1 cm³/mol. The maximum absolute atomic E-state index is 8.95. The van der Waals surface area contributed by atoms with Crippen LogP contribution in [0.5, 0.6) is 11.5 Å². The van der Waals surface area contributed by atoms with Crippen molar-refractivity contribution in [3.8, 4) is 11.5 Å². The molecule has 17 heavy (non-hydrogen) atoms. The Kier molecular flexibility index (Phi) is 7.01. The van der Waals surface area contributed by atoms with E-state index in [0.717, 1.165) is 5.56 Å². The minimum atomic E-state index is 0.375. The third kappa shape index (κ3) is 4.06. The largest absolute Gasteiger partial charge is 0.493 e. The van der Waals surface area contributed by atoms with Crippen LogP contribution in [0.4, 0.5) is 5.69 Å². The van der Waals surface area contributed by atoms with Crippen LogP contribution < -0.4 is 15.2 Å². The lowest BCUT2D eigenvalue weighted by Crippen LogP contribution is -1.98. The lowest BCUT2D eigenvalue weighted by molar-refractivity contribution is -0.126. The molecule has 0 fully saturated rings. The molecule has 5 nitrogen and oxygen atoms in total. The molecule has 0 radical (unpaired) electrons. The molecule has 0 aliphatic carbocycles. The molecule has 2 N–H and O–H groups in total. The number of carbonyl (C=O) groups is 1. The Hall–Kier alpha value is -2.17. The highest BCUT2D eigenvalue weighted by Crippen LogP contribution is 2.35. The molecule has 0 amide bonds. The molecule has 0 aromatic heterocycles. The van der Waals surface area contributed by atoms with Crippen molar-refractivity contribution in [3.05, 3.63) is 24.3 Å². The summed E-state index contributed by atoms with van der Waals surface area (Å²) in [6, 6.07) is 3.63. The molecule has 5 heteroatoms. The molecular formula is C12H17NO4. The summed E-state index contributed by atoms with van der Waals surface area (Å²) in [5.41, 5.74) is 7.20. The van der Waals surface area contributed by atoms with Gasteiger partial charge in [0.25, 0.3) is 6.47 Å². The molecule has 94 valence electrons. The fourth-order valence-corrected chi connectivity index (χ4v) is 1.14. The van der Waals surface area contributed by atoms with Gasteiger partial charge in [-0.15, -0.1) is 0 Å². The van der Waals surface area contributed by atoms with Crippen molar-refractivity contribution in [1.29, 1.82) is 0 Å². The Morgan fingerprint density at radius 1 is 1.24 bits per heavy atom. The summed E-state index contributed by atoms with van der Waals surface area (Å²) in [5, 5.41) is 0. The van der Waals surface area contributed by atoms with Gasteiger partial charge in [-0.2, -0.15) is 0 Å². The first-order valence-corrected chi connectivity index (χ1v) is 4.75.